The highest BCUT2D eigenvalue weighted by Gasteiger charge is 2.24. The van der Waals surface area contributed by atoms with Gasteiger partial charge in [0.15, 0.2) is 0 Å². The predicted molar refractivity (Wildman–Crippen MR) is 90.1 cm³/mol. The van der Waals surface area contributed by atoms with Crippen LogP contribution in [0.3, 0.4) is 0 Å². The summed E-state index contributed by atoms with van der Waals surface area (Å²) in [5.41, 5.74) is 0.536. The Balaban J connectivity index is 1.66. The Kier molecular flexibility index (Phi) is 5.14. The van der Waals surface area contributed by atoms with Gasteiger partial charge in [0.1, 0.15) is 11.9 Å². The van der Waals surface area contributed by atoms with Crippen LogP contribution in [0.15, 0.2) is 42.7 Å². The van der Waals surface area contributed by atoms with Gasteiger partial charge < -0.3 is 19.5 Å². The molecule has 25 heavy (non-hydrogen) atoms. The van der Waals surface area contributed by atoms with E-state index >= 15 is 0 Å². The lowest BCUT2D eigenvalue weighted by molar-refractivity contribution is -0.136. The lowest BCUT2D eigenvalue weighted by atomic mass is 10.1. The van der Waals surface area contributed by atoms with Crippen molar-refractivity contribution >= 4 is 11.8 Å². The van der Waals surface area contributed by atoms with Crippen LogP contribution in [0.5, 0.6) is 0 Å². The van der Waals surface area contributed by atoms with Gasteiger partial charge in [0, 0.05) is 31.0 Å². The number of nitrogens with one attached hydrogen (secondary N) is 1. The Labute approximate surface area is 145 Å². The van der Waals surface area contributed by atoms with Crippen molar-refractivity contribution < 1.29 is 18.7 Å². The van der Waals surface area contributed by atoms with Crippen LogP contribution in [0.25, 0.3) is 5.69 Å². The molecule has 2 amide bonds. The number of nitrogens with zero attached hydrogens (tertiary/aromatic N) is 2. The van der Waals surface area contributed by atoms with E-state index in [0.717, 1.165) is 0 Å². The molecule has 1 aromatic carbocycles. The molecule has 1 fully saturated rings. The van der Waals surface area contributed by atoms with Crippen molar-refractivity contribution in [2.45, 2.75) is 13.0 Å². The van der Waals surface area contributed by atoms with Gasteiger partial charge >= 0.3 is 0 Å². The third kappa shape index (κ3) is 3.88. The SMILES string of the molecule is C[C@@H](NC(=O)c1ccc(-n2cccc2)c(F)c1)C(=O)N1CCOCC1. The maximum atomic E-state index is 14.3. The van der Waals surface area contributed by atoms with Crippen molar-refractivity contribution in [1.29, 1.82) is 0 Å². The molecular weight excluding hydrogens is 325 g/mol. The van der Waals surface area contributed by atoms with Crippen molar-refractivity contribution in [2.75, 3.05) is 26.3 Å². The first-order valence-corrected chi connectivity index (χ1v) is 8.16. The number of rotatable bonds is 4. The monoisotopic (exact) mass is 345 g/mol. The summed E-state index contributed by atoms with van der Waals surface area (Å²) in [5, 5.41) is 2.63. The average molecular weight is 345 g/mol. The second-order valence-electron chi connectivity index (χ2n) is 5.89. The smallest absolute Gasteiger partial charge is 0.252 e. The third-order valence-corrected chi connectivity index (χ3v) is 4.13. The molecule has 0 unspecified atom stereocenters. The number of carbonyl (C=O) groups excluding carboxylic acids is 2. The number of hydrogen-bond acceptors (Lipinski definition) is 3. The quantitative estimate of drug-likeness (QED) is 0.915. The molecule has 0 radical (unpaired) electrons. The van der Waals surface area contributed by atoms with Gasteiger partial charge in [-0.1, -0.05) is 0 Å². The molecule has 7 heteroatoms. The first kappa shape index (κ1) is 17.2. The fourth-order valence-corrected chi connectivity index (χ4v) is 2.75. The topological polar surface area (TPSA) is 63.6 Å². The van der Waals surface area contributed by atoms with Gasteiger partial charge in [-0.25, -0.2) is 4.39 Å². The summed E-state index contributed by atoms with van der Waals surface area (Å²) < 4.78 is 21.1. The minimum absolute atomic E-state index is 0.166. The standard InChI is InChI=1S/C18H20FN3O3/c1-13(18(24)22-8-10-25-11-9-22)20-17(23)14-4-5-16(15(19)12-14)21-6-2-3-7-21/h2-7,12-13H,8-11H2,1H3,(H,20,23)/t13-/m1/s1. The largest absolute Gasteiger partial charge is 0.378 e. The zero-order chi connectivity index (χ0) is 17.8. The number of ether oxygens (including phenoxy) is 1. The van der Waals surface area contributed by atoms with Crippen LogP contribution in [0.4, 0.5) is 4.39 Å². The normalized spacial score (nSPS) is 15.7. The van der Waals surface area contributed by atoms with Gasteiger partial charge in [0.25, 0.3) is 5.91 Å². The predicted octanol–water partition coefficient (Wildman–Crippen LogP) is 1.59. The van der Waals surface area contributed by atoms with E-state index in [1.54, 1.807) is 53.0 Å². The first-order chi connectivity index (χ1) is 12.1. The summed E-state index contributed by atoms with van der Waals surface area (Å²) in [5.74, 6) is -1.15. The van der Waals surface area contributed by atoms with E-state index in [2.05, 4.69) is 5.32 Å². The van der Waals surface area contributed by atoms with E-state index in [4.69, 9.17) is 4.74 Å². The number of benzene rings is 1. The summed E-state index contributed by atoms with van der Waals surface area (Å²) in [4.78, 5) is 26.3. The second kappa shape index (κ2) is 7.48. The molecule has 2 heterocycles. The van der Waals surface area contributed by atoms with Crippen molar-refractivity contribution in [1.82, 2.24) is 14.8 Å². The van der Waals surface area contributed by atoms with Gasteiger partial charge in [0.2, 0.25) is 5.91 Å². The molecule has 0 bridgehead atoms. The molecular formula is C18H20FN3O3. The van der Waals surface area contributed by atoms with Crippen molar-refractivity contribution in [3.05, 3.63) is 54.1 Å². The minimum atomic E-state index is -0.683. The van der Waals surface area contributed by atoms with Gasteiger partial charge in [-0.05, 0) is 37.3 Å². The molecule has 1 saturated heterocycles. The molecule has 6 nitrogen and oxygen atoms in total. The van der Waals surface area contributed by atoms with Crippen LogP contribution < -0.4 is 5.32 Å². The Hall–Kier alpha value is -2.67. The number of amides is 2. The first-order valence-electron chi connectivity index (χ1n) is 8.16. The maximum Gasteiger partial charge on any atom is 0.252 e. The van der Waals surface area contributed by atoms with E-state index in [1.807, 2.05) is 0 Å². The summed E-state index contributed by atoms with van der Waals surface area (Å²) in [6, 6.07) is 7.16. The molecule has 2 aromatic rings. The molecule has 1 aromatic heterocycles. The zero-order valence-corrected chi connectivity index (χ0v) is 13.9. The van der Waals surface area contributed by atoms with E-state index in [0.29, 0.717) is 32.0 Å². The summed E-state index contributed by atoms with van der Waals surface area (Å²) >= 11 is 0. The van der Waals surface area contributed by atoms with Gasteiger partial charge in [0.05, 0.1) is 18.9 Å². The van der Waals surface area contributed by atoms with E-state index in [-0.39, 0.29) is 11.5 Å². The molecule has 1 atom stereocenters. The molecule has 3 rings (SSSR count). The summed E-state index contributed by atoms with van der Waals surface area (Å²) in [6.45, 7) is 3.65. The third-order valence-electron chi connectivity index (χ3n) is 4.13. The van der Waals surface area contributed by atoms with Crippen LogP contribution in [0, 0.1) is 5.82 Å². The van der Waals surface area contributed by atoms with E-state index in [1.165, 1.54) is 6.07 Å². The zero-order valence-electron chi connectivity index (χ0n) is 13.9. The fraction of sp³-hybridized carbons (Fsp3) is 0.333. The lowest BCUT2D eigenvalue weighted by Gasteiger charge is -2.29. The highest BCUT2D eigenvalue weighted by molar-refractivity contribution is 5.97. The highest BCUT2D eigenvalue weighted by Crippen LogP contribution is 2.15. The van der Waals surface area contributed by atoms with Crippen LogP contribution in [-0.4, -0.2) is 53.6 Å². The fourth-order valence-electron chi connectivity index (χ4n) is 2.75. The Morgan fingerprint density at radius 1 is 1.20 bits per heavy atom. The van der Waals surface area contributed by atoms with E-state index < -0.39 is 17.8 Å². The van der Waals surface area contributed by atoms with Crippen LogP contribution in [0.1, 0.15) is 17.3 Å². The maximum absolute atomic E-state index is 14.3. The molecule has 0 saturated carbocycles. The number of hydrogen-bond donors (Lipinski definition) is 1. The Morgan fingerprint density at radius 3 is 2.52 bits per heavy atom. The van der Waals surface area contributed by atoms with Crippen molar-refractivity contribution in [3.63, 3.8) is 0 Å². The Bertz CT molecular complexity index is 755. The minimum Gasteiger partial charge on any atom is -0.378 e. The summed E-state index contributed by atoms with van der Waals surface area (Å²) in [7, 11) is 0. The van der Waals surface area contributed by atoms with Gasteiger partial charge in [-0.15, -0.1) is 0 Å². The lowest BCUT2D eigenvalue weighted by Crippen LogP contribution is -2.50. The van der Waals surface area contributed by atoms with Gasteiger partial charge in [-0.2, -0.15) is 0 Å². The van der Waals surface area contributed by atoms with Crippen molar-refractivity contribution in [3.8, 4) is 5.69 Å². The molecule has 1 aliphatic rings. The van der Waals surface area contributed by atoms with Gasteiger partial charge in [-0.3, -0.25) is 9.59 Å². The Morgan fingerprint density at radius 2 is 1.88 bits per heavy atom. The van der Waals surface area contributed by atoms with E-state index in [9.17, 15) is 14.0 Å². The van der Waals surface area contributed by atoms with Crippen LogP contribution in [0.2, 0.25) is 0 Å². The molecule has 0 spiro atoms. The van der Waals surface area contributed by atoms with Crippen LogP contribution >= 0.6 is 0 Å². The van der Waals surface area contributed by atoms with Crippen LogP contribution in [-0.2, 0) is 9.53 Å². The summed E-state index contributed by atoms with van der Waals surface area (Å²) in [6.07, 6.45) is 3.45. The average Bonchev–Trinajstić information content (AvgIpc) is 3.16. The number of aromatic nitrogens is 1. The van der Waals surface area contributed by atoms with Crippen molar-refractivity contribution in [2.24, 2.45) is 0 Å². The highest BCUT2D eigenvalue weighted by atomic mass is 19.1. The number of halogens is 1. The number of morpholine rings is 1. The second-order valence-corrected chi connectivity index (χ2v) is 5.89. The number of carbonyl (C=O) groups is 2. The molecule has 1 aliphatic heterocycles. The molecule has 1 N–H and O–H groups in total. The molecule has 132 valence electrons. The molecule has 0 aliphatic carbocycles.